The Hall–Kier alpha value is -1.72. The average molecular weight is 320 g/mol. The van der Waals surface area contributed by atoms with E-state index in [1.54, 1.807) is 19.1 Å². The fourth-order valence-corrected chi connectivity index (χ4v) is 2.39. The molecule has 0 aliphatic carbocycles. The molecule has 0 N–H and O–H groups in total. The van der Waals surface area contributed by atoms with Crippen molar-refractivity contribution in [3.05, 3.63) is 35.9 Å². The van der Waals surface area contributed by atoms with Gasteiger partial charge in [-0.25, -0.2) is 4.79 Å². The van der Waals surface area contributed by atoms with Gasteiger partial charge in [-0.15, -0.1) is 0 Å². The number of ketones is 1. The Bertz CT molecular complexity index is 493. The summed E-state index contributed by atoms with van der Waals surface area (Å²) in [5, 5.41) is 0. The quantitative estimate of drug-likeness (QED) is 0.398. The van der Waals surface area contributed by atoms with Crippen molar-refractivity contribution in [3.8, 4) is 0 Å². The van der Waals surface area contributed by atoms with Crippen LogP contribution in [0, 0.1) is 0 Å². The molecule has 1 fully saturated rings. The Kier molecular flexibility index (Phi) is 7.23. The second-order valence-electron chi connectivity index (χ2n) is 5.67. The van der Waals surface area contributed by atoms with E-state index in [1.807, 2.05) is 18.2 Å². The first-order chi connectivity index (χ1) is 11.2. The lowest BCUT2D eigenvalue weighted by Gasteiger charge is -2.15. The number of carbonyl (C=O) groups is 2. The summed E-state index contributed by atoms with van der Waals surface area (Å²) in [6.45, 7) is 3.09. The molecule has 1 aromatic carbocycles. The van der Waals surface area contributed by atoms with Gasteiger partial charge in [-0.1, -0.05) is 30.3 Å². The summed E-state index contributed by atoms with van der Waals surface area (Å²) in [5.74, 6) is -0.334. The fraction of sp³-hybridized carbons (Fsp3) is 0.556. The summed E-state index contributed by atoms with van der Waals surface area (Å²) >= 11 is 0. The van der Waals surface area contributed by atoms with Crippen LogP contribution in [0.25, 0.3) is 0 Å². The van der Waals surface area contributed by atoms with Crippen molar-refractivity contribution in [3.63, 3.8) is 0 Å². The first-order valence-corrected chi connectivity index (χ1v) is 8.15. The van der Waals surface area contributed by atoms with Crippen molar-refractivity contribution in [2.24, 2.45) is 0 Å². The standard InChI is InChI=1S/C18H24O5/c1-14(23-13-16-9-5-11-21-16)18(20)22-12-6-10-17(19)15-7-3-2-4-8-15/h2-4,7-8,14,16H,5-6,9-13H2,1H3. The molecule has 1 aromatic rings. The summed E-state index contributed by atoms with van der Waals surface area (Å²) in [4.78, 5) is 23.7. The number of ether oxygens (including phenoxy) is 3. The van der Waals surface area contributed by atoms with Gasteiger partial charge in [0, 0.05) is 18.6 Å². The highest BCUT2D eigenvalue weighted by Gasteiger charge is 2.20. The Labute approximate surface area is 136 Å². The van der Waals surface area contributed by atoms with E-state index in [4.69, 9.17) is 14.2 Å². The van der Waals surface area contributed by atoms with Gasteiger partial charge < -0.3 is 14.2 Å². The zero-order chi connectivity index (χ0) is 16.5. The monoisotopic (exact) mass is 320 g/mol. The van der Waals surface area contributed by atoms with Gasteiger partial charge in [0.2, 0.25) is 0 Å². The van der Waals surface area contributed by atoms with Crippen molar-refractivity contribution >= 4 is 11.8 Å². The molecule has 1 saturated heterocycles. The third kappa shape index (κ3) is 6.12. The number of rotatable bonds is 9. The highest BCUT2D eigenvalue weighted by atomic mass is 16.6. The zero-order valence-corrected chi connectivity index (χ0v) is 13.5. The van der Waals surface area contributed by atoms with Crippen molar-refractivity contribution in [1.82, 2.24) is 0 Å². The SMILES string of the molecule is CC(OCC1CCCO1)C(=O)OCCCC(=O)c1ccccc1. The molecule has 2 unspecified atom stereocenters. The van der Waals surface area contributed by atoms with Gasteiger partial charge in [-0.2, -0.15) is 0 Å². The molecule has 5 nitrogen and oxygen atoms in total. The van der Waals surface area contributed by atoms with Gasteiger partial charge in [0.05, 0.1) is 19.3 Å². The molecule has 23 heavy (non-hydrogen) atoms. The molecule has 0 amide bonds. The third-order valence-electron chi connectivity index (χ3n) is 3.78. The van der Waals surface area contributed by atoms with Gasteiger partial charge in [-0.05, 0) is 26.2 Å². The third-order valence-corrected chi connectivity index (χ3v) is 3.78. The van der Waals surface area contributed by atoms with Crippen molar-refractivity contribution < 1.29 is 23.8 Å². The van der Waals surface area contributed by atoms with Gasteiger partial charge in [0.15, 0.2) is 11.9 Å². The van der Waals surface area contributed by atoms with Crippen LogP contribution < -0.4 is 0 Å². The lowest BCUT2D eigenvalue weighted by molar-refractivity contribution is -0.157. The Morgan fingerprint density at radius 2 is 2.09 bits per heavy atom. The minimum absolute atomic E-state index is 0.0596. The highest BCUT2D eigenvalue weighted by molar-refractivity contribution is 5.95. The van der Waals surface area contributed by atoms with Gasteiger partial charge >= 0.3 is 5.97 Å². The van der Waals surface area contributed by atoms with E-state index in [-0.39, 0.29) is 18.5 Å². The summed E-state index contributed by atoms with van der Waals surface area (Å²) in [6.07, 6.45) is 2.38. The molecule has 0 bridgehead atoms. The number of carbonyl (C=O) groups excluding carboxylic acids is 2. The summed E-state index contributed by atoms with van der Waals surface area (Å²) in [7, 11) is 0. The lowest BCUT2D eigenvalue weighted by atomic mass is 10.1. The highest BCUT2D eigenvalue weighted by Crippen LogP contribution is 2.13. The molecule has 1 heterocycles. The number of Topliss-reactive ketones (excluding diaryl/α,β-unsaturated/α-hetero) is 1. The van der Waals surface area contributed by atoms with Crippen LogP contribution in [0.5, 0.6) is 0 Å². The largest absolute Gasteiger partial charge is 0.464 e. The first kappa shape index (κ1) is 17.6. The number of esters is 1. The molecule has 0 radical (unpaired) electrons. The van der Waals surface area contributed by atoms with Crippen LogP contribution in [0.4, 0.5) is 0 Å². The smallest absolute Gasteiger partial charge is 0.334 e. The number of hydrogen-bond acceptors (Lipinski definition) is 5. The van der Waals surface area contributed by atoms with Gasteiger partial charge in [0.1, 0.15) is 0 Å². The van der Waals surface area contributed by atoms with Crippen LogP contribution in [0.2, 0.25) is 0 Å². The molecule has 2 rings (SSSR count). The van der Waals surface area contributed by atoms with Gasteiger partial charge in [0.25, 0.3) is 0 Å². The van der Waals surface area contributed by atoms with Crippen molar-refractivity contribution in [2.75, 3.05) is 19.8 Å². The van der Waals surface area contributed by atoms with Crippen LogP contribution in [-0.4, -0.2) is 43.8 Å². The molecule has 1 aliphatic rings. The molecule has 0 spiro atoms. The van der Waals surface area contributed by atoms with Crippen molar-refractivity contribution in [1.29, 1.82) is 0 Å². The maximum absolute atomic E-state index is 11.9. The summed E-state index contributed by atoms with van der Waals surface area (Å²) < 4.78 is 16.1. The van der Waals surface area contributed by atoms with Crippen LogP contribution in [0.1, 0.15) is 43.0 Å². The molecule has 2 atom stereocenters. The molecular formula is C18H24O5. The molecule has 0 saturated carbocycles. The van der Waals surface area contributed by atoms with E-state index in [9.17, 15) is 9.59 Å². The minimum Gasteiger partial charge on any atom is -0.464 e. The topological polar surface area (TPSA) is 61.8 Å². The van der Waals surface area contributed by atoms with E-state index in [0.717, 1.165) is 19.4 Å². The molecule has 5 heteroatoms. The molecule has 0 aromatic heterocycles. The predicted octanol–water partition coefficient (Wildman–Crippen LogP) is 2.78. The second-order valence-corrected chi connectivity index (χ2v) is 5.67. The Balaban J connectivity index is 1.57. The zero-order valence-electron chi connectivity index (χ0n) is 13.5. The van der Waals surface area contributed by atoms with Crippen LogP contribution in [-0.2, 0) is 19.0 Å². The van der Waals surface area contributed by atoms with Crippen molar-refractivity contribution in [2.45, 2.75) is 44.8 Å². The normalized spacial score (nSPS) is 18.6. The number of hydrogen-bond donors (Lipinski definition) is 0. The second kappa shape index (κ2) is 9.43. The number of benzene rings is 1. The van der Waals surface area contributed by atoms with Gasteiger partial charge in [-0.3, -0.25) is 4.79 Å². The van der Waals surface area contributed by atoms with E-state index in [0.29, 0.717) is 25.0 Å². The first-order valence-electron chi connectivity index (χ1n) is 8.15. The maximum Gasteiger partial charge on any atom is 0.334 e. The lowest BCUT2D eigenvalue weighted by Crippen LogP contribution is -2.27. The summed E-state index contributed by atoms with van der Waals surface area (Å²) in [5.41, 5.74) is 0.687. The Morgan fingerprint density at radius 1 is 1.30 bits per heavy atom. The fourth-order valence-electron chi connectivity index (χ4n) is 2.39. The minimum atomic E-state index is -0.607. The predicted molar refractivity (Wildman–Crippen MR) is 85.4 cm³/mol. The molecule has 126 valence electrons. The van der Waals surface area contributed by atoms with E-state index >= 15 is 0 Å². The van der Waals surface area contributed by atoms with Crippen LogP contribution in [0.3, 0.4) is 0 Å². The van der Waals surface area contributed by atoms with E-state index < -0.39 is 12.1 Å². The summed E-state index contributed by atoms with van der Waals surface area (Å²) in [6, 6.07) is 9.11. The van der Waals surface area contributed by atoms with Crippen LogP contribution in [0.15, 0.2) is 30.3 Å². The van der Waals surface area contributed by atoms with Crippen LogP contribution >= 0.6 is 0 Å². The molecular weight excluding hydrogens is 296 g/mol. The van der Waals surface area contributed by atoms with E-state index in [1.165, 1.54) is 0 Å². The molecule has 1 aliphatic heterocycles. The maximum atomic E-state index is 11.9. The average Bonchev–Trinajstić information content (AvgIpc) is 3.10. The Morgan fingerprint density at radius 3 is 2.78 bits per heavy atom. The van der Waals surface area contributed by atoms with E-state index in [2.05, 4.69) is 0 Å².